The van der Waals surface area contributed by atoms with Gasteiger partial charge in [-0.05, 0) is 38.0 Å². The fraction of sp³-hybridized carbons (Fsp3) is 0.250. The molecule has 0 fully saturated rings. The van der Waals surface area contributed by atoms with E-state index in [-0.39, 0.29) is 5.78 Å². The number of ether oxygens (including phenoxy) is 1. The van der Waals surface area contributed by atoms with Crippen molar-refractivity contribution in [1.82, 2.24) is 5.32 Å². The van der Waals surface area contributed by atoms with Crippen molar-refractivity contribution < 1.29 is 18.7 Å². The molecule has 0 saturated carbocycles. The normalized spacial score (nSPS) is 18.6. The molecule has 6 heteroatoms. The summed E-state index contributed by atoms with van der Waals surface area (Å²) in [5.74, 6) is -1.13. The number of hydrogen-bond donors (Lipinski definition) is 2. The van der Waals surface area contributed by atoms with Crippen LogP contribution >= 0.6 is 0 Å². The van der Waals surface area contributed by atoms with E-state index in [4.69, 9.17) is 4.74 Å². The molecule has 1 heterocycles. The molecule has 2 aliphatic rings. The van der Waals surface area contributed by atoms with E-state index < -0.39 is 17.6 Å². The van der Waals surface area contributed by atoms with Crippen molar-refractivity contribution in [3.63, 3.8) is 0 Å². The van der Waals surface area contributed by atoms with E-state index in [0.717, 1.165) is 12.1 Å². The van der Waals surface area contributed by atoms with Crippen LogP contribution in [0.3, 0.4) is 0 Å². The number of methoxy groups -OCH3 is 1. The Morgan fingerprint density at radius 2 is 1.87 bits per heavy atom. The summed E-state index contributed by atoms with van der Waals surface area (Å²) in [6.07, 6.45) is 1.83. The van der Waals surface area contributed by atoms with Crippen molar-refractivity contribution in [1.29, 1.82) is 0 Å². The van der Waals surface area contributed by atoms with Crippen LogP contribution in [0.25, 0.3) is 0 Å². The fourth-order valence-electron chi connectivity index (χ4n) is 4.24. The molecule has 1 atom stereocenters. The lowest BCUT2D eigenvalue weighted by atomic mass is 9.75. The molecule has 5 nitrogen and oxygen atoms in total. The van der Waals surface area contributed by atoms with Crippen LogP contribution in [-0.4, -0.2) is 18.8 Å². The summed E-state index contributed by atoms with van der Waals surface area (Å²) in [7, 11) is 1.53. The zero-order valence-corrected chi connectivity index (χ0v) is 16.9. The summed E-state index contributed by atoms with van der Waals surface area (Å²) < 4.78 is 20.2. The molecule has 2 aromatic carbocycles. The third-order valence-electron chi connectivity index (χ3n) is 5.59. The maximum atomic E-state index is 14.8. The highest BCUT2D eigenvalue weighted by Gasteiger charge is 2.39. The van der Waals surface area contributed by atoms with E-state index in [1.54, 1.807) is 49.4 Å². The predicted molar refractivity (Wildman–Crippen MR) is 112 cm³/mol. The van der Waals surface area contributed by atoms with Gasteiger partial charge in [-0.15, -0.1) is 0 Å². The molecule has 1 aliphatic carbocycles. The lowest BCUT2D eigenvalue weighted by Crippen LogP contribution is -2.35. The number of carbonyl (C=O) groups is 2. The zero-order valence-electron chi connectivity index (χ0n) is 16.9. The molecule has 1 aliphatic heterocycles. The molecule has 1 amide bonds. The van der Waals surface area contributed by atoms with Gasteiger partial charge < -0.3 is 15.4 Å². The maximum absolute atomic E-state index is 14.8. The number of amides is 1. The second-order valence-corrected chi connectivity index (χ2v) is 7.44. The third kappa shape index (κ3) is 3.49. The van der Waals surface area contributed by atoms with Crippen molar-refractivity contribution in [3.8, 4) is 5.75 Å². The monoisotopic (exact) mass is 406 g/mol. The molecule has 154 valence electrons. The van der Waals surface area contributed by atoms with Crippen molar-refractivity contribution in [3.05, 3.63) is 82.5 Å². The van der Waals surface area contributed by atoms with E-state index in [1.165, 1.54) is 13.2 Å². The van der Waals surface area contributed by atoms with E-state index in [1.807, 2.05) is 0 Å². The van der Waals surface area contributed by atoms with E-state index in [0.29, 0.717) is 46.7 Å². The number of anilines is 1. The third-order valence-corrected chi connectivity index (χ3v) is 5.59. The number of halogens is 1. The van der Waals surface area contributed by atoms with Gasteiger partial charge in [0.15, 0.2) is 5.78 Å². The molecule has 0 radical (unpaired) electrons. The Morgan fingerprint density at radius 1 is 1.13 bits per heavy atom. The molecule has 0 spiro atoms. The van der Waals surface area contributed by atoms with Crippen LogP contribution in [0, 0.1) is 5.82 Å². The Kier molecular flexibility index (Phi) is 5.40. The first kappa shape index (κ1) is 19.9. The van der Waals surface area contributed by atoms with Gasteiger partial charge in [0, 0.05) is 40.4 Å². The molecular formula is C24H23FN2O3. The standard InChI is InChI=1S/C24H23FN2O3/c1-14-21(24(29)27-17-10-5-6-13-20(17)30-2)22(15-8-3-4-9-16(15)25)23-18(26-14)11-7-12-19(23)28/h3-6,8-10,13,22,26H,7,11-12H2,1-2H3,(H,27,29). The number of carbonyl (C=O) groups excluding carboxylic acids is 2. The van der Waals surface area contributed by atoms with Crippen molar-refractivity contribution >= 4 is 17.4 Å². The molecule has 0 aromatic heterocycles. The number of dihydropyridines is 1. The van der Waals surface area contributed by atoms with E-state index in [9.17, 15) is 14.0 Å². The van der Waals surface area contributed by atoms with Gasteiger partial charge in [-0.25, -0.2) is 4.39 Å². The van der Waals surface area contributed by atoms with Crippen molar-refractivity contribution in [2.45, 2.75) is 32.1 Å². The minimum absolute atomic E-state index is 0.0490. The van der Waals surface area contributed by atoms with Crippen LogP contribution < -0.4 is 15.4 Å². The summed E-state index contributed by atoms with van der Waals surface area (Å²) >= 11 is 0. The van der Waals surface area contributed by atoms with Gasteiger partial charge in [-0.3, -0.25) is 9.59 Å². The second-order valence-electron chi connectivity index (χ2n) is 7.44. The smallest absolute Gasteiger partial charge is 0.254 e. The molecule has 2 aromatic rings. The maximum Gasteiger partial charge on any atom is 0.254 e. The Hall–Kier alpha value is -3.41. The van der Waals surface area contributed by atoms with Crippen LogP contribution in [0.1, 0.15) is 37.7 Å². The first-order chi connectivity index (χ1) is 14.5. The van der Waals surface area contributed by atoms with Gasteiger partial charge in [0.25, 0.3) is 5.91 Å². The summed E-state index contributed by atoms with van der Waals surface area (Å²) in [5, 5.41) is 6.11. The lowest BCUT2D eigenvalue weighted by Gasteiger charge is -2.34. The van der Waals surface area contributed by atoms with Gasteiger partial charge in [-0.1, -0.05) is 30.3 Å². The Labute approximate surface area is 174 Å². The zero-order chi connectivity index (χ0) is 21.3. The predicted octanol–water partition coefficient (Wildman–Crippen LogP) is 4.44. The minimum atomic E-state index is -0.759. The average molecular weight is 406 g/mol. The summed E-state index contributed by atoms with van der Waals surface area (Å²) in [6.45, 7) is 1.79. The highest BCUT2D eigenvalue weighted by Crippen LogP contribution is 2.43. The van der Waals surface area contributed by atoms with Gasteiger partial charge in [0.1, 0.15) is 11.6 Å². The van der Waals surface area contributed by atoms with Crippen LogP contribution in [-0.2, 0) is 9.59 Å². The van der Waals surface area contributed by atoms with Crippen molar-refractivity contribution in [2.24, 2.45) is 0 Å². The number of ketones is 1. The second kappa shape index (κ2) is 8.14. The number of nitrogens with one attached hydrogen (secondary N) is 2. The molecule has 2 N–H and O–H groups in total. The quantitative estimate of drug-likeness (QED) is 0.788. The Morgan fingerprint density at radius 3 is 2.63 bits per heavy atom. The first-order valence-corrected chi connectivity index (χ1v) is 9.94. The highest BCUT2D eigenvalue weighted by molar-refractivity contribution is 6.10. The van der Waals surface area contributed by atoms with Gasteiger partial charge in [0.2, 0.25) is 0 Å². The number of Topliss-reactive ketones (excluding diaryl/α,β-unsaturated/α-hetero) is 1. The van der Waals surface area contributed by atoms with Crippen LogP contribution in [0.5, 0.6) is 5.75 Å². The van der Waals surface area contributed by atoms with Crippen LogP contribution in [0.2, 0.25) is 0 Å². The molecule has 0 bridgehead atoms. The van der Waals surface area contributed by atoms with Gasteiger partial charge in [-0.2, -0.15) is 0 Å². The molecule has 4 rings (SSSR count). The SMILES string of the molecule is COc1ccccc1NC(=O)C1=C(C)NC2=C(C(=O)CCC2)C1c1ccccc1F. The number of allylic oxidation sites excluding steroid dienone is 3. The average Bonchev–Trinajstić information content (AvgIpc) is 2.73. The fourth-order valence-corrected chi connectivity index (χ4v) is 4.24. The molecule has 0 saturated heterocycles. The Bertz CT molecular complexity index is 1090. The summed E-state index contributed by atoms with van der Waals surface area (Å²) in [4.78, 5) is 26.3. The largest absolute Gasteiger partial charge is 0.495 e. The highest BCUT2D eigenvalue weighted by atomic mass is 19.1. The number of hydrogen-bond acceptors (Lipinski definition) is 4. The summed E-state index contributed by atoms with van der Waals surface area (Å²) in [5.41, 5.74) is 3.05. The number of benzene rings is 2. The van der Waals surface area contributed by atoms with Crippen molar-refractivity contribution in [2.75, 3.05) is 12.4 Å². The summed E-state index contributed by atoms with van der Waals surface area (Å²) in [6, 6.07) is 13.4. The Balaban J connectivity index is 1.81. The molecule has 30 heavy (non-hydrogen) atoms. The molecule has 1 unspecified atom stereocenters. The van der Waals surface area contributed by atoms with Crippen LogP contribution in [0.4, 0.5) is 10.1 Å². The molecular weight excluding hydrogens is 383 g/mol. The van der Waals surface area contributed by atoms with Gasteiger partial charge in [0.05, 0.1) is 12.8 Å². The lowest BCUT2D eigenvalue weighted by molar-refractivity contribution is -0.116. The van der Waals surface area contributed by atoms with E-state index in [2.05, 4.69) is 10.6 Å². The minimum Gasteiger partial charge on any atom is -0.495 e. The van der Waals surface area contributed by atoms with E-state index >= 15 is 0 Å². The van der Waals surface area contributed by atoms with Crippen LogP contribution in [0.15, 0.2) is 71.1 Å². The van der Waals surface area contributed by atoms with Gasteiger partial charge >= 0.3 is 0 Å². The first-order valence-electron chi connectivity index (χ1n) is 9.94. The topological polar surface area (TPSA) is 67.4 Å². The number of para-hydroxylation sites is 2. The number of rotatable bonds is 4.